The number of hydrogen-bond donors (Lipinski definition) is 2. The van der Waals surface area contributed by atoms with Crippen LogP contribution in [-0.2, 0) is 21.4 Å². The third-order valence-electron chi connectivity index (χ3n) is 3.73. The Hall–Kier alpha value is -2.92. The molecule has 3 rings (SSSR count). The highest BCUT2D eigenvalue weighted by molar-refractivity contribution is 7.99. The van der Waals surface area contributed by atoms with Crippen LogP contribution in [0, 0.1) is 0 Å². The van der Waals surface area contributed by atoms with Gasteiger partial charge in [-0.15, -0.1) is 10.2 Å². The summed E-state index contributed by atoms with van der Waals surface area (Å²) in [6.07, 6.45) is 2.56. The third kappa shape index (κ3) is 5.78. The second-order valence-corrected chi connectivity index (χ2v) is 8.75. The van der Waals surface area contributed by atoms with Crippen LogP contribution in [0.4, 0.5) is 11.5 Å². The Morgan fingerprint density at radius 2 is 1.93 bits per heavy atom. The molecule has 0 aliphatic carbocycles. The van der Waals surface area contributed by atoms with Crippen LogP contribution in [0.1, 0.15) is 6.92 Å². The Morgan fingerprint density at radius 3 is 2.62 bits per heavy atom. The van der Waals surface area contributed by atoms with Crippen LogP contribution in [0.5, 0.6) is 0 Å². The number of sulfonamides is 1. The number of pyridine rings is 1. The van der Waals surface area contributed by atoms with Crippen LogP contribution in [-0.4, -0.2) is 46.1 Å². The molecule has 2 aromatic heterocycles. The number of carbonyl (C=O) groups excluding carboxylic acids is 1. The second kappa shape index (κ2) is 9.05. The topological polar surface area (TPSA) is 119 Å². The van der Waals surface area contributed by atoms with Gasteiger partial charge >= 0.3 is 0 Å². The number of para-hydroxylation sites is 1. The van der Waals surface area contributed by atoms with Gasteiger partial charge in [-0.25, -0.2) is 13.4 Å². The number of carbonyl (C=O) groups is 1. The zero-order valence-electron chi connectivity index (χ0n) is 15.9. The molecule has 29 heavy (non-hydrogen) atoms. The van der Waals surface area contributed by atoms with E-state index in [0.717, 1.165) is 11.9 Å². The normalized spacial score (nSPS) is 11.2. The lowest BCUT2D eigenvalue weighted by Gasteiger charge is -2.09. The number of nitrogens with zero attached hydrogens (tertiary/aromatic N) is 4. The molecular weight excluding hydrogens is 412 g/mol. The maximum atomic E-state index is 12.2. The average molecular weight is 433 g/mol. The molecule has 0 radical (unpaired) electrons. The van der Waals surface area contributed by atoms with Crippen molar-refractivity contribution in [2.24, 2.45) is 0 Å². The maximum absolute atomic E-state index is 12.2. The molecule has 0 aliphatic rings. The van der Waals surface area contributed by atoms with Crippen LogP contribution in [0.15, 0.2) is 53.8 Å². The van der Waals surface area contributed by atoms with E-state index in [-0.39, 0.29) is 17.5 Å². The molecule has 0 spiro atoms. The van der Waals surface area contributed by atoms with Crippen LogP contribution < -0.4 is 10.0 Å². The van der Waals surface area contributed by atoms with Crippen molar-refractivity contribution in [2.75, 3.05) is 22.0 Å². The molecule has 0 bridgehead atoms. The summed E-state index contributed by atoms with van der Waals surface area (Å²) in [6.45, 7) is 2.53. The number of amides is 1. The van der Waals surface area contributed by atoms with Gasteiger partial charge in [0.1, 0.15) is 5.82 Å². The van der Waals surface area contributed by atoms with Crippen molar-refractivity contribution >= 4 is 39.2 Å². The molecule has 152 valence electrons. The van der Waals surface area contributed by atoms with Crippen molar-refractivity contribution in [3.8, 4) is 11.4 Å². The summed E-state index contributed by atoms with van der Waals surface area (Å²) in [5.74, 6) is 0.811. The van der Waals surface area contributed by atoms with Gasteiger partial charge in [0.2, 0.25) is 15.9 Å². The van der Waals surface area contributed by atoms with Crippen molar-refractivity contribution in [2.45, 2.75) is 18.6 Å². The monoisotopic (exact) mass is 432 g/mol. The van der Waals surface area contributed by atoms with Crippen molar-refractivity contribution in [3.63, 3.8) is 0 Å². The average Bonchev–Trinajstić information content (AvgIpc) is 3.09. The Balaban J connectivity index is 1.73. The van der Waals surface area contributed by atoms with Gasteiger partial charge in [-0.1, -0.05) is 30.0 Å². The second-order valence-electron chi connectivity index (χ2n) is 6.06. The first kappa shape index (κ1) is 20.8. The minimum absolute atomic E-state index is 0.142. The van der Waals surface area contributed by atoms with Gasteiger partial charge in [0.15, 0.2) is 11.0 Å². The van der Waals surface area contributed by atoms with Crippen LogP contribution >= 0.6 is 11.8 Å². The fraction of sp³-hybridized carbons (Fsp3) is 0.222. The highest BCUT2D eigenvalue weighted by Gasteiger charge is 2.16. The van der Waals surface area contributed by atoms with Crippen molar-refractivity contribution in [1.29, 1.82) is 0 Å². The highest BCUT2D eigenvalue weighted by Crippen LogP contribution is 2.25. The molecule has 11 heteroatoms. The van der Waals surface area contributed by atoms with Gasteiger partial charge in [0.05, 0.1) is 12.0 Å². The van der Waals surface area contributed by atoms with Gasteiger partial charge in [0, 0.05) is 24.0 Å². The lowest BCUT2D eigenvalue weighted by Crippen LogP contribution is -2.14. The predicted octanol–water partition coefficient (Wildman–Crippen LogP) is 2.46. The van der Waals surface area contributed by atoms with E-state index >= 15 is 0 Å². The Kier molecular flexibility index (Phi) is 6.49. The Morgan fingerprint density at radius 1 is 1.17 bits per heavy atom. The largest absolute Gasteiger partial charge is 0.325 e. The molecule has 0 unspecified atom stereocenters. The molecule has 1 amide bonds. The summed E-state index contributed by atoms with van der Waals surface area (Å²) >= 11 is 1.28. The summed E-state index contributed by atoms with van der Waals surface area (Å²) in [6, 6.07) is 12.5. The molecule has 0 atom stereocenters. The minimum Gasteiger partial charge on any atom is -0.325 e. The zero-order chi connectivity index (χ0) is 20.9. The molecule has 0 aliphatic heterocycles. The lowest BCUT2D eigenvalue weighted by molar-refractivity contribution is -0.113. The van der Waals surface area contributed by atoms with E-state index in [4.69, 9.17) is 0 Å². The van der Waals surface area contributed by atoms with Crippen LogP contribution in [0.25, 0.3) is 11.4 Å². The Bertz CT molecular complexity index is 1100. The molecule has 0 fully saturated rings. The first-order chi connectivity index (χ1) is 13.9. The fourth-order valence-corrected chi connectivity index (χ4v) is 3.85. The number of hydrogen-bond acceptors (Lipinski definition) is 7. The van der Waals surface area contributed by atoms with Crippen molar-refractivity contribution < 1.29 is 13.2 Å². The summed E-state index contributed by atoms with van der Waals surface area (Å²) in [5.41, 5.74) is 1.40. The van der Waals surface area contributed by atoms with E-state index in [9.17, 15) is 13.2 Å². The van der Waals surface area contributed by atoms with Crippen LogP contribution in [0.2, 0.25) is 0 Å². The van der Waals surface area contributed by atoms with E-state index < -0.39 is 10.0 Å². The molecule has 0 saturated heterocycles. The minimum atomic E-state index is -3.43. The van der Waals surface area contributed by atoms with E-state index in [2.05, 4.69) is 25.2 Å². The third-order valence-corrected chi connectivity index (χ3v) is 5.28. The number of nitrogens with one attached hydrogen (secondary N) is 2. The molecule has 2 N–H and O–H groups in total. The molecular formula is C18H20N6O3S2. The number of anilines is 2. The smallest absolute Gasteiger partial charge is 0.234 e. The van der Waals surface area contributed by atoms with Gasteiger partial charge in [0.25, 0.3) is 0 Å². The first-order valence-electron chi connectivity index (χ1n) is 8.71. The predicted molar refractivity (Wildman–Crippen MR) is 113 cm³/mol. The SMILES string of the molecule is CCn1c(SCC(=O)Nc2ccccc2)nnc1-c1ccnc(NS(C)(=O)=O)c1. The number of thioether (sulfide) groups is 1. The van der Waals surface area contributed by atoms with Crippen LogP contribution in [0.3, 0.4) is 0 Å². The van der Waals surface area contributed by atoms with Crippen molar-refractivity contribution in [3.05, 3.63) is 48.7 Å². The summed E-state index contributed by atoms with van der Waals surface area (Å²) in [7, 11) is -3.43. The summed E-state index contributed by atoms with van der Waals surface area (Å²) in [4.78, 5) is 16.2. The highest BCUT2D eigenvalue weighted by atomic mass is 32.2. The van der Waals surface area contributed by atoms with E-state index in [0.29, 0.717) is 23.1 Å². The zero-order valence-corrected chi connectivity index (χ0v) is 17.5. The molecule has 1 aromatic carbocycles. The van der Waals surface area contributed by atoms with Gasteiger partial charge in [-0.05, 0) is 31.2 Å². The van der Waals surface area contributed by atoms with Gasteiger partial charge in [-0.3, -0.25) is 9.52 Å². The maximum Gasteiger partial charge on any atom is 0.234 e. The quantitative estimate of drug-likeness (QED) is 0.525. The fourth-order valence-electron chi connectivity index (χ4n) is 2.56. The molecule has 0 saturated carbocycles. The molecule has 3 aromatic rings. The Labute approximate surface area is 173 Å². The van der Waals surface area contributed by atoms with Gasteiger partial charge in [-0.2, -0.15) is 0 Å². The van der Waals surface area contributed by atoms with E-state index in [1.807, 2.05) is 41.8 Å². The summed E-state index contributed by atoms with van der Waals surface area (Å²) in [5, 5.41) is 11.8. The number of benzene rings is 1. The number of aromatic nitrogens is 4. The molecule has 9 nitrogen and oxygen atoms in total. The number of rotatable bonds is 8. The lowest BCUT2D eigenvalue weighted by atomic mass is 10.2. The summed E-state index contributed by atoms with van der Waals surface area (Å²) < 4.78 is 27.1. The van der Waals surface area contributed by atoms with Gasteiger partial charge < -0.3 is 9.88 Å². The van der Waals surface area contributed by atoms with E-state index in [1.54, 1.807) is 12.1 Å². The first-order valence-corrected chi connectivity index (χ1v) is 11.6. The standard InChI is InChI=1S/C18H20N6O3S2/c1-3-24-17(13-9-10-19-15(11-13)23-29(2,26)27)21-22-18(24)28-12-16(25)20-14-7-5-4-6-8-14/h4-11H,3,12H2,1-2H3,(H,19,23)(H,20,25). The molecule has 2 heterocycles. The van der Waals surface area contributed by atoms with Crippen molar-refractivity contribution in [1.82, 2.24) is 19.7 Å². The van der Waals surface area contributed by atoms with E-state index in [1.165, 1.54) is 18.0 Å².